The van der Waals surface area contributed by atoms with E-state index in [9.17, 15) is 9.59 Å². The van der Waals surface area contributed by atoms with Crippen LogP contribution in [-0.4, -0.2) is 28.8 Å². The van der Waals surface area contributed by atoms with E-state index in [4.69, 9.17) is 4.74 Å². The number of anilines is 1. The van der Waals surface area contributed by atoms with Gasteiger partial charge in [0, 0.05) is 25.4 Å². The molecule has 0 aliphatic carbocycles. The van der Waals surface area contributed by atoms with Crippen LogP contribution in [0.2, 0.25) is 0 Å². The summed E-state index contributed by atoms with van der Waals surface area (Å²) < 4.78 is 5.85. The number of hydrogen-bond donors (Lipinski definition) is 1. The maximum Gasteiger partial charge on any atom is 0.226 e. The van der Waals surface area contributed by atoms with Gasteiger partial charge in [-0.25, -0.2) is 0 Å². The fraction of sp³-hybridized carbons (Fsp3) is 0.333. The maximum absolute atomic E-state index is 12.4. The first kappa shape index (κ1) is 19.5. The van der Waals surface area contributed by atoms with Crippen molar-refractivity contribution in [3.63, 3.8) is 0 Å². The van der Waals surface area contributed by atoms with Crippen LogP contribution < -0.4 is 10.1 Å². The average molecular weight is 354 g/mol. The molecule has 5 nitrogen and oxygen atoms in total. The summed E-state index contributed by atoms with van der Waals surface area (Å²) >= 11 is 0. The number of benzene rings is 2. The van der Waals surface area contributed by atoms with Gasteiger partial charge in [-0.15, -0.1) is 0 Å². The molecule has 5 heteroatoms. The topological polar surface area (TPSA) is 58.6 Å². The van der Waals surface area contributed by atoms with Gasteiger partial charge in [0.05, 0.1) is 5.69 Å². The number of hydrogen-bond acceptors (Lipinski definition) is 3. The van der Waals surface area contributed by atoms with Crippen molar-refractivity contribution in [3.05, 3.63) is 54.6 Å². The fourth-order valence-electron chi connectivity index (χ4n) is 2.67. The van der Waals surface area contributed by atoms with Gasteiger partial charge < -0.3 is 15.0 Å². The molecule has 0 atom stereocenters. The zero-order valence-corrected chi connectivity index (χ0v) is 15.8. The number of rotatable bonds is 6. The van der Waals surface area contributed by atoms with Gasteiger partial charge in [-0.1, -0.05) is 30.3 Å². The quantitative estimate of drug-likeness (QED) is 0.833. The molecule has 0 saturated carbocycles. The molecule has 0 bridgehead atoms. The van der Waals surface area contributed by atoms with E-state index in [0.717, 1.165) is 0 Å². The molecule has 2 amide bonds. The lowest BCUT2D eigenvalue weighted by atomic mass is 10.1. The summed E-state index contributed by atoms with van der Waals surface area (Å²) in [4.78, 5) is 25.9. The summed E-state index contributed by atoms with van der Waals surface area (Å²) in [5, 5.41) is 2.87. The van der Waals surface area contributed by atoms with Crippen LogP contribution in [0.25, 0.3) is 0 Å². The molecule has 1 N–H and O–H groups in total. The largest absolute Gasteiger partial charge is 0.455 e. The molecule has 0 saturated heterocycles. The van der Waals surface area contributed by atoms with Crippen LogP contribution in [0.15, 0.2) is 54.6 Å². The van der Waals surface area contributed by atoms with Crippen molar-refractivity contribution in [1.82, 2.24) is 4.90 Å². The fourth-order valence-corrected chi connectivity index (χ4v) is 2.67. The summed E-state index contributed by atoms with van der Waals surface area (Å²) in [7, 11) is 0. The molecule has 0 aliphatic heterocycles. The molecule has 0 fully saturated rings. The maximum atomic E-state index is 12.4. The van der Waals surface area contributed by atoms with Crippen molar-refractivity contribution in [2.75, 3.05) is 11.9 Å². The van der Waals surface area contributed by atoms with Crippen LogP contribution in [0.4, 0.5) is 5.69 Å². The third kappa shape index (κ3) is 5.62. The summed E-state index contributed by atoms with van der Waals surface area (Å²) in [6.45, 7) is 7.75. The molecule has 2 aromatic rings. The van der Waals surface area contributed by atoms with Crippen molar-refractivity contribution in [1.29, 1.82) is 0 Å². The molecular weight excluding hydrogens is 328 g/mol. The van der Waals surface area contributed by atoms with E-state index in [-0.39, 0.29) is 23.8 Å². The Balaban J connectivity index is 2.02. The molecule has 0 aromatic heterocycles. The molecule has 0 unspecified atom stereocenters. The highest BCUT2D eigenvalue weighted by Gasteiger charge is 2.24. The Bertz CT molecular complexity index is 751. The lowest BCUT2D eigenvalue weighted by molar-refractivity contribution is -0.134. The van der Waals surface area contributed by atoms with E-state index < -0.39 is 0 Å². The van der Waals surface area contributed by atoms with E-state index >= 15 is 0 Å². The highest BCUT2D eigenvalue weighted by Crippen LogP contribution is 2.29. The SMILES string of the molecule is CC(=O)N(CCC(=O)Nc1ccccc1Oc1ccccc1)C(C)(C)C. The number of nitrogens with zero attached hydrogens (tertiary/aromatic N) is 1. The van der Waals surface area contributed by atoms with Crippen LogP contribution >= 0.6 is 0 Å². The van der Waals surface area contributed by atoms with Crippen molar-refractivity contribution in [2.24, 2.45) is 0 Å². The van der Waals surface area contributed by atoms with Crippen molar-refractivity contribution >= 4 is 17.5 Å². The minimum absolute atomic E-state index is 0.0434. The molecule has 0 heterocycles. The minimum atomic E-state index is -0.319. The Morgan fingerprint density at radius 1 is 1.00 bits per heavy atom. The zero-order chi connectivity index (χ0) is 19.2. The van der Waals surface area contributed by atoms with Crippen LogP contribution in [0.5, 0.6) is 11.5 Å². The second-order valence-electron chi connectivity index (χ2n) is 7.05. The smallest absolute Gasteiger partial charge is 0.226 e. The second-order valence-corrected chi connectivity index (χ2v) is 7.05. The van der Waals surface area contributed by atoms with Crippen molar-refractivity contribution in [3.8, 4) is 11.5 Å². The molecule has 0 aliphatic rings. The molecule has 0 spiro atoms. The lowest BCUT2D eigenvalue weighted by Crippen LogP contribution is -2.45. The molecule has 138 valence electrons. The number of amides is 2. The Kier molecular flexibility index (Phi) is 6.39. The number of nitrogens with one attached hydrogen (secondary N) is 1. The van der Waals surface area contributed by atoms with Gasteiger partial charge in [0.15, 0.2) is 5.75 Å². The molecule has 26 heavy (non-hydrogen) atoms. The van der Waals surface area contributed by atoms with E-state index in [2.05, 4.69) is 5.32 Å². The van der Waals surface area contributed by atoms with E-state index in [0.29, 0.717) is 23.7 Å². The Morgan fingerprint density at radius 2 is 1.62 bits per heavy atom. The van der Waals surface area contributed by atoms with Gasteiger partial charge in [-0.3, -0.25) is 9.59 Å². The minimum Gasteiger partial charge on any atom is -0.455 e. The van der Waals surface area contributed by atoms with Crippen LogP contribution in [0.1, 0.15) is 34.1 Å². The standard InChI is InChI=1S/C21H26N2O3/c1-16(24)23(21(2,3)4)15-14-20(25)22-18-12-8-9-13-19(18)26-17-10-6-5-7-11-17/h5-13H,14-15H2,1-4H3,(H,22,25). The van der Waals surface area contributed by atoms with E-state index in [1.807, 2.05) is 63.2 Å². The van der Waals surface area contributed by atoms with Crippen molar-refractivity contribution in [2.45, 2.75) is 39.7 Å². The number of para-hydroxylation sites is 3. The molecule has 2 rings (SSSR count). The van der Waals surface area contributed by atoms with Crippen LogP contribution in [0.3, 0.4) is 0 Å². The Morgan fingerprint density at radius 3 is 2.23 bits per heavy atom. The lowest BCUT2D eigenvalue weighted by Gasteiger charge is -2.34. The number of ether oxygens (including phenoxy) is 1. The summed E-state index contributed by atoms with van der Waals surface area (Å²) in [5.74, 6) is 1.07. The van der Waals surface area contributed by atoms with Gasteiger partial charge in [-0.2, -0.15) is 0 Å². The third-order valence-electron chi connectivity index (χ3n) is 3.88. The molecule has 2 aromatic carbocycles. The van der Waals surface area contributed by atoms with Gasteiger partial charge in [0.1, 0.15) is 5.75 Å². The normalized spacial score (nSPS) is 10.9. The first-order valence-electron chi connectivity index (χ1n) is 8.67. The average Bonchev–Trinajstić information content (AvgIpc) is 2.56. The predicted molar refractivity (Wildman–Crippen MR) is 103 cm³/mol. The van der Waals surface area contributed by atoms with Gasteiger partial charge in [0.25, 0.3) is 0 Å². The van der Waals surface area contributed by atoms with Crippen LogP contribution in [0, 0.1) is 0 Å². The number of carbonyl (C=O) groups is 2. The Hall–Kier alpha value is -2.82. The van der Waals surface area contributed by atoms with E-state index in [1.165, 1.54) is 6.92 Å². The summed E-state index contributed by atoms with van der Waals surface area (Å²) in [5.41, 5.74) is 0.284. The van der Waals surface area contributed by atoms with Gasteiger partial charge in [-0.05, 0) is 45.0 Å². The highest BCUT2D eigenvalue weighted by molar-refractivity contribution is 5.92. The summed E-state index contributed by atoms with van der Waals surface area (Å²) in [6.07, 6.45) is 0.219. The number of carbonyl (C=O) groups excluding carboxylic acids is 2. The Labute approximate surface area is 155 Å². The summed E-state index contributed by atoms with van der Waals surface area (Å²) in [6, 6.07) is 16.7. The first-order valence-corrected chi connectivity index (χ1v) is 8.67. The highest BCUT2D eigenvalue weighted by atomic mass is 16.5. The second kappa shape index (κ2) is 8.52. The monoisotopic (exact) mass is 354 g/mol. The zero-order valence-electron chi connectivity index (χ0n) is 15.8. The van der Waals surface area contributed by atoms with Gasteiger partial charge >= 0.3 is 0 Å². The predicted octanol–water partition coefficient (Wildman–Crippen LogP) is 4.45. The molecular formula is C21H26N2O3. The first-order chi connectivity index (χ1) is 12.3. The van der Waals surface area contributed by atoms with Gasteiger partial charge in [0.2, 0.25) is 11.8 Å². The molecule has 0 radical (unpaired) electrons. The third-order valence-corrected chi connectivity index (χ3v) is 3.88. The van der Waals surface area contributed by atoms with E-state index in [1.54, 1.807) is 17.0 Å². The van der Waals surface area contributed by atoms with Crippen LogP contribution in [-0.2, 0) is 9.59 Å². The van der Waals surface area contributed by atoms with Crippen molar-refractivity contribution < 1.29 is 14.3 Å².